The van der Waals surface area contributed by atoms with Crippen molar-refractivity contribution in [1.82, 2.24) is 4.90 Å². The molecule has 5 heteroatoms. The maximum atomic E-state index is 12.6. The Labute approximate surface area is 146 Å². The molecule has 4 nitrogen and oxygen atoms in total. The second-order valence-corrected chi connectivity index (χ2v) is 7.24. The molecule has 0 bridgehead atoms. The molecule has 1 fully saturated rings. The Bertz CT molecular complexity index is 741. The molecule has 24 heavy (non-hydrogen) atoms. The molecule has 1 amide bonds. The molecule has 2 aromatic carbocycles. The second-order valence-electron chi connectivity index (χ2n) is 5.95. The minimum absolute atomic E-state index is 0.160. The lowest BCUT2D eigenvalue weighted by molar-refractivity contribution is -0.137. The van der Waals surface area contributed by atoms with Gasteiger partial charge in [0.15, 0.2) is 0 Å². The van der Waals surface area contributed by atoms with Gasteiger partial charge in [-0.2, -0.15) is 0 Å². The predicted molar refractivity (Wildman–Crippen MR) is 97.1 cm³/mol. The zero-order valence-corrected chi connectivity index (χ0v) is 14.6. The Morgan fingerprint density at radius 2 is 2.00 bits per heavy atom. The number of ether oxygens (including phenoxy) is 1. The number of fused-ring (bicyclic) bond motifs is 1. The summed E-state index contributed by atoms with van der Waals surface area (Å²) < 4.78 is 4.66. The number of hydrogen-bond donors (Lipinski definition) is 0. The van der Waals surface area contributed by atoms with Crippen molar-refractivity contribution in [1.29, 1.82) is 0 Å². The zero-order valence-electron chi connectivity index (χ0n) is 13.7. The molecule has 0 radical (unpaired) electrons. The van der Waals surface area contributed by atoms with Crippen LogP contribution in [0, 0.1) is 0 Å². The number of likely N-dealkylation sites (tertiary alicyclic amines) is 1. The van der Waals surface area contributed by atoms with Crippen LogP contribution in [0.15, 0.2) is 42.5 Å². The van der Waals surface area contributed by atoms with Gasteiger partial charge >= 0.3 is 5.97 Å². The van der Waals surface area contributed by atoms with E-state index < -0.39 is 0 Å². The lowest BCUT2D eigenvalue weighted by Crippen LogP contribution is -2.30. The SMILES string of the molecule is COC(=O)CSC1CCN(C(=O)Cc2cccc3ccccc23)C1. The van der Waals surface area contributed by atoms with Gasteiger partial charge in [-0.1, -0.05) is 42.5 Å². The molecule has 1 aliphatic rings. The minimum atomic E-state index is -0.208. The number of hydrogen-bond acceptors (Lipinski definition) is 4. The fourth-order valence-corrected chi connectivity index (χ4v) is 4.10. The van der Waals surface area contributed by atoms with Crippen molar-refractivity contribution in [3.05, 3.63) is 48.0 Å². The van der Waals surface area contributed by atoms with Crippen LogP contribution in [0.4, 0.5) is 0 Å². The van der Waals surface area contributed by atoms with E-state index in [2.05, 4.69) is 22.9 Å². The summed E-state index contributed by atoms with van der Waals surface area (Å²) in [5, 5.41) is 2.63. The Morgan fingerprint density at radius 3 is 2.83 bits per heavy atom. The number of rotatable bonds is 5. The first-order valence-electron chi connectivity index (χ1n) is 8.10. The maximum Gasteiger partial charge on any atom is 0.315 e. The van der Waals surface area contributed by atoms with Gasteiger partial charge in [0.25, 0.3) is 0 Å². The van der Waals surface area contributed by atoms with Crippen LogP contribution < -0.4 is 0 Å². The summed E-state index contributed by atoms with van der Waals surface area (Å²) in [4.78, 5) is 25.8. The number of carbonyl (C=O) groups excluding carboxylic acids is 2. The molecule has 3 rings (SSSR count). The van der Waals surface area contributed by atoms with E-state index in [1.54, 1.807) is 11.8 Å². The number of methoxy groups -OCH3 is 1. The fourth-order valence-electron chi connectivity index (χ4n) is 3.06. The highest BCUT2D eigenvalue weighted by atomic mass is 32.2. The Kier molecular flexibility index (Phi) is 5.41. The van der Waals surface area contributed by atoms with Gasteiger partial charge in [-0.3, -0.25) is 9.59 Å². The monoisotopic (exact) mass is 343 g/mol. The van der Waals surface area contributed by atoms with Crippen LogP contribution in [-0.4, -0.2) is 48.0 Å². The first-order valence-corrected chi connectivity index (χ1v) is 9.15. The van der Waals surface area contributed by atoms with Gasteiger partial charge in [0.2, 0.25) is 5.91 Å². The molecule has 126 valence electrons. The molecule has 1 aliphatic heterocycles. The minimum Gasteiger partial charge on any atom is -0.468 e. The van der Waals surface area contributed by atoms with Crippen LogP contribution in [0.2, 0.25) is 0 Å². The van der Waals surface area contributed by atoms with Crippen molar-refractivity contribution in [3.63, 3.8) is 0 Å². The van der Waals surface area contributed by atoms with Gasteiger partial charge in [-0.05, 0) is 22.8 Å². The summed E-state index contributed by atoms with van der Waals surface area (Å²) in [5.74, 6) is 0.306. The summed E-state index contributed by atoms with van der Waals surface area (Å²) in [6, 6.07) is 14.3. The molecule has 0 N–H and O–H groups in total. The van der Waals surface area contributed by atoms with E-state index >= 15 is 0 Å². The number of benzene rings is 2. The predicted octanol–water partition coefficient (Wildman–Crippen LogP) is 2.89. The summed E-state index contributed by atoms with van der Waals surface area (Å²) >= 11 is 1.58. The van der Waals surface area contributed by atoms with Crippen molar-refractivity contribution < 1.29 is 14.3 Å². The van der Waals surface area contributed by atoms with Gasteiger partial charge in [0, 0.05) is 18.3 Å². The normalized spacial score (nSPS) is 17.2. The van der Waals surface area contributed by atoms with E-state index in [1.165, 1.54) is 7.11 Å². The lowest BCUT2D eigenvalue weighted by Gasteiger charge is -2.17. The van der Waals surface area contributed by atoms with Crippen LogP contribution in [0.5, 0.6) is 0 Å². The van der Waals surface area contributed by atoms with Gasteiger partial charge in [-0.15, -0.1) is 11.8 Å². The van der Waals surface area contributed by atoms with Crippen LogP contribution in [0.25, 0.3) is 10.8 Å². The van der Waals surface area contributed by atoms with Gasteiger partial charge in [0.1, 0.15) is 0 Å². The molecular weight excluding hydrogens is 322 g/mol. The molecule has 2 aromatic rings. The van der Waals surface area contributed by atoms with Crippen molar-refractivity contribution >= 4 is 34.4 Å². The van der Waals surface area contributed by atoms with E-state index in [0.29, 0.717) is 24.0 Å². The van der Waals surface area contributed by atoms with E-state index in [9.17, 15) is 9.59 Å². The summed E-state index contributed by atoms with van der Waals surface area (Å²) in [6.45, 7) is 1.48. The molecule has 0 spiro atoms. The molecule has 1 atom stereocenters. The molecule has 0 aromatic heterocycles. The summed E-state index contributed by atoms with van der Waals surface area (Å²) in [6.07, 6.45) is 1.36. The highest BCUT2D eigenvalue weighted by Gasteiger charge is 2.27. The van der Waals surface area contributed by atoms with Gasteiger partial charge in [0.05, 0.1) is 19.3 Å². The van der Waals surface area contributed by atoms with E-state index in [0.717, 1.165) is 29.3 Å². The summed E-state index contributed by atoms with van der Waals surface area (Å²) in [5.41, 5.74) is 1.07. The maximum absolute atomic E-state index is 12.6. The lowest BCUT2D eigenvalue weighted by atomic mass is 10.0. The number of nitrogens with zero attached hydrogens (tertiary/aromatic N) is 1. The smallest absolute Gasteiger partial charge is 0.315 e. The molecule has 1 saturated heterocycles. The first-order chi connectivity index (χ1) is 11.7. The Hall–Kier alpha value is -2.01. The first kappa shape index (κ1) is 16.8. The van der Waals surface area contributed by atoms with Gasteiger partial charge in [-0.25, -0.2) is 0 Å². The molecule has 1 heterocycles. The Balaban J connectivity index is 1.60. The van der Waals surface area contributed by atoms with Crippen molar-refractivity contribution in [2.75, 3.05) is 26.0 Å². The van der Waals surface area contributed by atoms with E-state index in [4.69, 9.17) is 0 Å². The van der Waals surface area contributed by atoms with Crippen LogP contribution in [0.3, 0.4) is 0 Å². The third-order valence-corrected chi connectivity index (χ3v) is 5.64. The highest BCUT2D eigenvalue weighted by molar-refractivity contribution is 8.00. The number of amides is 1. The molecule has 0 saturated carbocycles. The van der Waals surface area contributed by atoms with Crippen molar-refractivity contribution in [2.45, 2.75) is 18.1 Å². The van der Waals surface area contributed by atoms with E-state index in [-0.39, 0.29) is 11.9 Å². The molecular formula is C19H21NO3S. The van der Waals surface area contributed by atoms with Crippen LogP contribution >= 0.6 is 11.8 Å². The van der Waals surface area contributed by atoms with Crippen molar-refractivity contribution in [2.24, 2.45) is 0 Å². The van der Waals surface area contributed by atoms with Gasteiger partial charge < -0.3 is 9.64 Å². The topological polar surface area (TPSA) is 46.6 Å². The summed E-state index contributed by atoms with van der Waals surface area (Å²) in [7, 11) is 1.40. The fraction of sp³-hybridized carbons (Fsp3) is 0.368. The third-order valence-electron chi connectivity index (χ3n) is 4.38. The second kappa shape index (κ2) is 7.71. The zero-order chi connectivity index (χ0) is 16.9. The van der Waals surface area contributed by atoms with Crippen LogP contribution in [0.1, 0.15) is 12.0 Å². The van der Waals surface area contributed by atoms with E-state index in [1.807, 2.05) is 29.2 Å². The van der Waals surface area contributed by atoms with Crippen LogP contribution in [-0.2, 0) is 20.7 Å². The number of thioether (sulfide) groups is 1. The largest absolute Gasteiger partial charge is 0.468 e. The number of carbonyl (C=O) groups is 2. The highest BCUT2D eigenvalue weighted by Crippen LogP contribution is 2.24. The van der Waals surface area contributed by atoms with Crippen molar-refractivity contribution in [3.8, 4) is 0 Å². The number of esters is 1. The average Bonchev–Trinajstić information content (AvgIpc) is 3.09. The Morgan fingerprint density at radius 1 is 1.21 bits per heavy atom. The molecule has 0 aliphatic carbocycles. The third kappa shape index (κ3) is 3.90. The standard InChI is InChI=1S/C19H21NO3S/c1-23-19(22)13-24-16-9-10-20(12-16)18(21)11-15-7-4-6-14-5-2-3-8-17(14)15/h2-8,16H,9-13H2,1H3. The average molecular weight is 343 g/mol. The quantitative estimate of drug-likeness (QED) is 0.783. The molecule has 1 unspecified atom stereocenters.